The number of ether oxygens (including phenoxy) is 1. The number of hydrogen-bond acceptors (Lipinski definition) is 3. The average molecular weight is 239 g/mol. The van der Waals surface area contributed by atoms with E-state index in [0.717, 1.165) is 25.5 Å². The van der Waals surface area contributed by atoms with Crippen LogP contribution in [0.1, 0.15) is 23.2 Å². The maximum atomic E-state index is 13.2. The Morgan fingerprint density at radius 3 is 3.00 bits per heavy atom. The Kier molecular flexibility index (Phi) is 3.58. The van der Waals surface area contributed by atoms with Crippen molar-refractivity contribution < 1.29 is 19.0 Å². The van der Waals surface area contributed by atoms with Crippen molar-refractivity contribution in [3.05, 3.63) is 29.6 Å². The van der Waals surface area contributed by atoms with E-state index in [1.165, 1.54) is 12.1 Å². The van der Waals surface area contributed by atoms with Crippen LogP contribution in [0.25, 0.3) is 0 Å². The Morgan fingerprint density at radius 1 is 1.53 bits per heavy atom. The van der Waals surface area contributed by atoms with Gasteiger partial charge in [-0.1, -0.05) is 0 Å². The van der Waals surface area contributed by atoms with E-state index in [2.05, 4.69) is 5.32 Å². The molecule has 2 rings (SSSR count). The molecule has 4 nitrogen and oxygen atoms in total. The van der Waals surface area contributed by atoms with E-state index in [1.807, 2.05) is 0 Å². The van der Waals surface area contributed by atoms with E-state index in [1.54, 1.807) is 0 Å². The molecule has 0 bridgehead atoms. The van der Waals surface area contributed by atoms with Gasteiger partial charge in [-0.25, -0.2) is 9.18 Å². The standard InChI is InChI=1S/C12H14FNO3/c13-11-4-3-8(6-10(11)12(15)16)14-9-2-1-5-17-7-9/h3-4,6,9,14H,1-2,5,7H2,(H,15,16). The van der Waals surface area contributed by atoms with Gasteiger partial charge in [0.1, 0.15) is 5.82 Å². The van der Waals surface area contributed by atoms with Gasteiger partial charge in [0.25, 0.3) is 0 Å². The molecule has 92 valence electrons. The second-order valence-electron chi connectivity index (χ2n) is 4.06. The topological polar surface area (TPSA) is 58.6 Å². The summed E-state index contributed by atoms with van der Waals surface area (Å²) >= 11 is 0. The fourth-order valence-corrected chi connectivity index (χ4v) is 1.87. The van der Waals surface area contributed by atoms with Gasteiger partial charge in [-0.15, -0.1) is 0 Å². The number of carboxylic acid groups (broad SMARTS) is 1. The Morgan fingerprint density at radius 2 is 2.35 bits per heavy atom. The highest BCUT2D eigenvalue weighted by atomic mass is 19.1. The van der Waals surface area contributed by atoms with Crippen LogP contribution in [0.2, 0.25) is 0 Å². The highest BCUT2D eigenvalue weighted by Crippen LogP contribution is 2.18. The lowest BCUT2D eigenvalue weighted by Crippen LogP contribution is -2.30. The van der Waals surface area contributed by atoms with Crippen LogP contribution in [0, 0.1) is 5.82 Å². The minimum atomic E-state index is -1.26. The maximum absolute atomic E-state index is 13.2. The lowest BCUT2D eigenvalue weighted by Gasteiger charge is -2.24. The van der Waals surface area contributed by atoms with Crippen molar-refractivity contribution in [1.82, 2.24) is 0 Å². The lowest BCUT2D eigenvalue weighted by atomic mass is 10.1. The van der Waals surface area contributed by atoms with Gasteiger partial charge < -0.3 is 15.2 Å². The predicted molar refractivity (Wildman–Crippen MR) is 60.8 cm³/mol. The number of nitrogens with one attached hydrogen (secondary N) is 1. The van der Waals surface area contributed by atoms with Crippen molar-refractivity contribution >= 4 is 11.7 Å². The predicted octanol–water partition coefficient (Wildman–Crippen LogP) is 2.11. The van der Waals surface area contributed by atoms with Crippen LogP contribution >= 0.6 is 0 Å². The van der Waals surface area contributed by atoms with Crippen LogP contribution < -0.4 is 5.32 Å². The lowest BCUT2D eigenvalue weighted by molar-refractivity contribution is 0.0692. The third kappa shape index (κ3) is 2.94. The van der Waals surface area contributed by atoms with E-state index in [9.17, 15) is 9.18 Å². The van der Waals surface area contributed by atoms with Crippen molar-refractivity contribution in [2.24, 2.45) is 0 Å². The first kappa shape index (κ1) is 11.9. The normalized spacial score (nSPS) is 19.9. The Labute approximate surface area is 98.4 Å². The summed E-state index contributed by atoms with van der Waals surface area (Å²) in [6.45, 7) is 1.36. The molecule has 1 fully saturated rings. The minimum Gasteiger partial charge on any atom is -0.478 e. The van der Waals surface area contributed by atoms with Crippen molar-refractivity contribution in [2.75, 3.05) is 18.5 Å². The highest BCUT2D eigenvalue weighted by molar-refractivity contribution is 5.89. The van der Waals surface area contributed by atoms with Gasteiger partial charge in [0.2, 0.25) is 0 Å². The molecular weight excluding hydrogens is 225 g/mol. The number of halogens is 1. The number of carboxylic acids is 1. The van der Waals surface area contributed by atoms with E-state index < -0.39 is 11.8 Å². The number of benzene rings is 1. The molecule has 0 saturated carbocycles. The smallest absolute Gasteiger partial charge is 0.338 e. The van der Waals surface area contributed by atoms with E-state index in [-0.39, 0.29) is 11.6 Å². The van der Waals surface area contributed by atoms with Crippen LogP contribution in [0.15, 0.2) is 18.2 Å². The summed E-state index contributed by atoms with van der Waals surface area (Å²) in [4.78, 5) is 10.8. The molecule has 5 heteroatoms. The SMILES string of the molecule is O=C(O)c1cc(NC2CCCOC2)ccc1F. The monoisotopic (exact) mass is 239 g/mol. The number of hydrogen-bond donors (Lipinski definition) is 2. The Balaban J connectivity index is 2.10. The second-order valence-corrected chi connectivity index (χ2v) is 4.06. The van der Waals surface area contributed by atoms with Crippen LogP contribution in [-0.4, -0.2) is 30.3 Å². The fraction of sp³-hybridized carbons (Fsp3) is 0.417. The van der Waals surface area contributed by atoms with Gasteiger partial charge in [-0.2, -0.15) is 0 Å². The van der Waals surface area contributed by atoms with Gasteiger partial charge in [-0.3, -0.25) is 0 Å². The quantitative estimate of drug-likeness (QED) is 0.848. The van der Waals surface area contributed by atoms with E-state index in [0.29, 0.717) is 12.3 Å². The first-order valence-electron chi connectivity index (χ1n) is 5.54. The Hall–Kier alpha value is -1.62. The molecule has 0 aliphatic carbocycles. The van der Waals surface area contributed by atoms with Gasteiger partial charge in [0, 0.05) is 18.3 Å². The van der Waals surface area contributed by atoms with Crippen molar-refractivity contribution in [3.8, 4) is 0 Å². The molecule has 0 amide bonds. The third-order valence-corrected chi connectivity index (χ3v) is 2.73. The van der Waals surface area contributed by atoms with Crippen LogP contribution in [0.3, 0.4) is 0 Å². The largest absolute Gasteiger partial charge is 0.478 e. The van der Waals surface area contributed by atoms with E-state index in [4.69, 9.17) is 9.84 Å². The van der Waals surface area contributed by atoms with Gasteiger partial charge in [-0.05, 0) is 31.0 Å². The summed E-state index contributed by atoms with van der Waals surface area (Å²) < 4.78 is 18.5. The molecule has 0 spiro atoms. The fourth-order valence-electron chi connectivity index (χ4n) is 1.87. The molecule has 17 heavy (non-hydrogen) atoms. The second kappa shape index (κ2) is 5.14. The highest BCUT2D eigenvalue weighted by Gasteiger charge is 2.15. The molecule has 1 aromatic carbocycles. The van der Waals surface area contributed by atoms with Crippen LogP contribution in [0.5, 0.6) is 0 Å². The number of aromatic carboxylic acids is 1. The van der Waals surface area contributed by atoms with E-state index >= 15 is 0 Å². The Bertz CT molecular complexity index is 416. The van der Waals surface area contributed by atoms with Gasteiger partial charge in [0.05, 0.1) is 12.2 Å². The number of carbonyl (C=O) groups is 1. The summed E-state index contributed by atoms with van der Waals surface area (Å²) in [5.41, 5.74) is 0.297. The third-order valence-electron chi connectivity index (χ3n) is 2.73. The van der Waals surface area contributed by atoms with Crippen molar-refractivity contribution in [3.63, 3.8) is 0 Å². The first-order chi connectivity index (χ1) is 8.16. The van der Waals surface area contributed by atoms with Crippen molar-refractivity contribution in [1.29, 1.82) is 0 Å². The molecule has 1 atom stereocenters. The minimum absolute atomic E-state index is 0.163. The molecule has 1 saturated heterocycles. The number of rotatable bonds is 3. The zero-order chi connectivity index (χ0) is 12.3. The van der Waals surface area contributed by atoms with Gasteiger partial charge in [0.15, 0.2) is 0 Å². The summed E-state index contributed by atoms with van der Waals surface area (Å²) in [7, 11) is 0. The molecule has 1 unspecified atom stereocenters. The molecule has 2 N–H and O–H groups in total. The molecular formula is C12H14FNO3. The van der Waals surface area contributed by atoms with Crippen molar-refractivity contribution in [2.45, 2.75) is 18.9 Å². The summed E-state index contributed by atoms with van der Waals surface area (Å²) in [5.74, 6) is -1.98. The zero-order valence-electron chi connectivity index (χ0n) is 9.28. The summed E-state index contributed by atoms with van der Waals surface area (Å²) in [6.07, 6.45) is 1.95. The molecule has 1 heterocycles. The summed E-state index contributed by atoms with van der Waals surface area (Å²) in [5, 5.41) is 12.0. The zero-order valence-corrected chi connectivity index (χ0v) is 9.28. The molecule has 1 aliphatic heterocycles. The maximum Gasteiger partial charge on any atom is 0.338 e. The summed E-state index contributed by atoms with van der Waals surface area (Å²) in [6, 6.07) is 4.17. The molecule has 1 aliphatic rings. The molecule has 0 aromatic heterocycles. The number of anilines is 1. The van der Waals surface area contributed by atoms with Crippen LogP contribution in [0.4, 0.5) is 10.1 Å². The molecule has 0 radical (unpaired) electrons. The first-order valence-corrected chi connectivity index (χ1v) is 5.54. The van der Waals surface area contributed by atoms with Crippen LogP contribution in [-0.2, 0) is 4.74 Å². The van der Waals surface area contributed by atoms with Gasteiger partial charge >= 0.3 is 5.97 Å². The molecule has 1 aromatic rings. The average Bonchev–Trinajstić information content (AvgIpc) is 2.32.